The maximum Gasteiger partial charge on any atom is 0.161 e. The lowest BCUT2D eigenvalue weighted by Gasteiger charge is -2.09. The molecular formula is C12H14Br2N2S. The summed E-state index contributed by atoms with van der Waals surface area (Å²) in [5.41, 5.74) is 1.05. The Morgan fingerprint density at radius 1 is 1.41 bits per heavy atom. The van der Waals surface area contributed by atoms with Crippen LogP contribution in [0.25, 0.3) is 0 Å². The number of hydrogen-bond acceptors (Lipinski definition) is 3. The number of halogens is 2. The maximum absolute atomic E-state index is 4.69. The van der Waals surface area contributed by atoms with Crippen LogP contribution in [0.15, 0.2) is 32.1 Å². The van der Waals surface area contributed by atoms with Crippen molar-refractivity contribution in [3.8, 4) is 0 Å². The van der Waals surface area contributed by atoms with Crippen LogP contribution in [0.2, 0.25) is 0 Å². The minimum absolute atomic E-state index is 0.438. The van der Waals surface area contributed by atoms with Crippen LogP contribution in [-0.4, -0.2) is 17.0 Å². The minimum Gasteiger partial charge on any atom is -0.334 e. The first-order valence-corrected chi connectivity index (χ1v) is 8.06. The molecule has 0 fully saturated rings. The number of aliphatic imine (C=N–C) groups is 1. The highest BCUT2D eigenvalue weighted by Gasteiger charge is 2.21. The normalized spacial score (nSPS) is 19.6. The number of rotatable bonds is 2. The van der Waals surface area contributed by atoms with Crippen molar-refractivity contribution in [3.05, 3.63) is 27.1 Å². The lowest BCUT2D eigenvalue weighted by Crippen LogP contribution is -2.12. The molecule has 0 bridgehead atoms. The van der Waals surface area contributed by atoms with E-state index in [0.29, 0.717) is 12.0 Å². The second-order valence-electron chi connectivity index (χ2n) is 4.31. The van der Waals surface area contributed by atoms with Crippen molar-refractivity contribution < 1.29 is 0 Å². The van der Waals surface area contributed by atoms with Crippen LogP contribution in [-0.2, 0) is 0 Å². The van der Waals surface area contributed by atoms with Crippen molar-refractivity contribution in [2.24, 2.45) is 10.9 Å². The van der Waals surface area contributed by atoms with Gasteiger partial charge in [-0.15, -0.1) is 0 Å². The van der Waals surface area contributed by atoms with Gasteiger partial charge in [0.1, 0.15) is 0 Å². The van der Waals surface area contributed by atoms with E-state index < -0.39 is 0 Å². The first kappa shape index (κ1) is 13.4. The summed E-state index contributed by atoms with van der Waals surface area (Å²) >= 11 is 8.80. The van der Waals surface area contributed by atoms with E-state index in [1.165, 1.54) is 0 Å². The fraction of sp³-hybridized carbons (Fsp3) is 0.417. The van der Waals surface area contributed by atoms with Gasteiger partial charge in [-0.3, -0.25) is 4.99 Å². The molecule has 1 aliphatic heterocycles. The van der Waals surface area contributed by atoms with Gasteiger partial charge in [0.25, 0.3) is 0 Å². The molecular weight excluding hydrogens is 364 g/mol. The lowest BCUT2D eigenvalue weighted by atomic mass is 10.1. The third-order valence-electron chi connectivity index (χ3n) is 2.61. The topological polar surface area (TPSA) is 24.4 Å². The van der Waals surface area contributed by atoms with Gasteiger partial charge in [-0.25, -0.2) is 0 Å². The molecule has 1 aromatic carbocycles. The fourth-order valence-electron chi connectivity index (χ4n) is 1.51. The zero-order valence-corrected chi connectivity index (χ0v) is 13.7. The molecule has 0 spiro atoms. The van der Waals surface area contributed by atoms with Gasteiger partial charge in [-0.1, -0.05) is 41.5 Å². The quantitative estimate of drug-likeness (QED) is 0.803. The number of nitrogens with one attached hydrogen (secondary N) is 1. The lowest BCUT2D eigenvalue weighted by molar-refractivity contribution is 0.543. The third kappa shape index (κ3) is 3.48. The summed E-state index contributed by atoms with van der Waals surface area (Å²) in [5.74, 6) is 1.68. The smallest absolute Gasteiger partial charge is 0.161 e. The van der Waals surface area contributed by atoms with Gasteiger partial charge < -0.3 is 5.32 Å². The number of nitrogens with zero attached hydrogens (tertiary/aromatic N) is 1. The van der Waals surface area contributed by atoms with Crippen molar-refractivity contribution in [3.63, 3.8) is 0 Å². The summed E-state index contributed by atoms with van der Waals surface area (Å²) in [6.07, 6.45) is 0. The Hall–Kier alpha value is -0.000000000000000111. The number of benzene rings is 1. The summed E-state index contributed by atoms with van der Waals surface area (Å²) in [6, 6.07) is 6.52. The molecule has 17 heavy (non-hydrogen) atoms. The Labute approximate surface area is 123 Å². The second-order valence-corrected chi connectivity index (χ2v) is 7.08. The van der Waals surface area contributed by atoms with Gasteiger partial charge in [0.05, 0.1) is 11.7 Å². The van der Waals surface area contributed by atoms with Crippen molar-refractivity contribution in [1.82, 2.24) is 0 Å². The minimum atomic E-state index is 0.438. The molecule has 1 N–H and O–H groups in total. The molecule has 0 aromatic heterocycles. The van der Waals surface area contributed by atoms with Crippen LogP contribution in [0.1, 0.15) is 13.8 Å². The predicted octanol–water partition coefficient (Wildman–Crippen LogP) is 4.75. The number of thioether (sulfide) groups is 1. The molecule has 1 heterocycles. The molecule has 0 aliphatic carbocycles. The summed E-state index contributed by atoms with van der Waals surface area (Å²) in [4.78, 5) is 4.69. The van der Waals surface area contributed by atoms with E-state index in [-0.39, 0.29) is 0 Å². The molecule has 1 atom stereocenters. The Balaban J connectivity index is 2.11. The molecule has 92 valence electrons. The van der Waals surface area contributed by atoms with E-state index in [4.69, 9.17) is 0 Å². The van der Waals surface area contributed by atoms with Crippen LogP contribution in [0, 0.1) is 5.92 Å². The van der Waals surface area contributed by atoms with Crippen LogP contribution >= 0.6 is 43.6 Å². The molecule has 2 rings (SSSR count). The predicted molar refractivity (Wildman–Crippen MR) is 84.0 cm³/mol. The highest BCUT2D eigenvalue weighted by Crippen LogP contribution is 2.29. The summed E-state index contributed by atoms with van der Waals surface area (Å²) < 4.78 is 2.12. The van der Waals surface area contributed by atoms with E-state index in [1.807, 2.05) is 12.1 Å². The van der Waals surface area contributed by atoms with E-state index in [2.05, 4.69) is 62.1 Å². The largest absolute Gasteiger partial charge is 0.334 e. The Morgan fingerprint density at radius 2 is 2.18 bits per heavy atom. The number of anilines is 1. The molecule has 0 saturated heterocycles. The third-order valence-corrected chi connectivity index (χ3v) is 4.79. The van der Waals surface area contributed by atoms with Gasteiger partial charge in [-0.2, -0.15) is 0 Å². The molecule has 0 amide bonds. The van der Waals surface area contributed by atoms with E-state index in [9.17, 15) is 0 Å². The van der Waals surface area contributed by atoms with Crippen molar-refractivity contribution in [2.45, 2.75) is 19.9 Å². The molecule has 0 radical (unpaired) electrons. The van der Waals surface area contributed by atoms with Gasteiger partial charge in [0.2, 0.25) is 0 Å². The van der Waals surface area contributed by atoms with E-state index in [0.717, 1.165) is 25.6 Å². The average Bonchev–Trinajstić information content (AvgIpc) is 2.72. The van der Waals surface area contributed by atoms with Crippen LogP contribution in [0.3, 0.4) is 0 Å². The Kier molecular flexibility index (Phi) is 4.55. The maximum atomic E-state index is 4.69. The summed E-state index contributed by atoms with van der Waals surface area (Å²) in [6.45, 7) is 4.43. The van der Waals surface area contributed by atoms with Crippen LogP contribution in [0.5, 0.6) is 0 Å². The SMILES string of the molecule is CC(C)[C@@H]1CSC(Nc2cc(Br)ccc2Br)=N1. The van der Waals surface area contributed by atoms with Crippen LogP contribution < -0.4 is 5.32 Å². The van der Waals surface area contributed by atoms with Crippen LogP contribution in [0.4, 0.5) is 5.69 Å². The van der Waals surface area contributed by atoms with E-state index >= 15 is 0 Å². The van der Waals surface area contributed by atoms with Gasteiger partial charge in [0.15, 0.2) is 5.17 Å². The fourth-order valence-corrected chi connectivity index (χ4v) is 3.39. The van der Waals surface area contributed by atoms with Gasteiger partial charge >= 0.3 is 0 Å². The molecule has 1 aliphatic rings. The highest BCUT2D eigenvalue weighted by atomic mass is 79.9. The van der Waals surface area contributed by atoms with Crippen molar-refractivity contribution >= 4 is 54.5 Å². The molecule has 0 unspecified atom stereocenters. The van der Waals surface area contributed by atoms with Crippen molar-refractivity contribution in [2.75, 3.05) is 11.1 Å². The molecule has 5 heteroatoms. The Bertz CT molecular complexity index is 446. The van der Waals surface area contributed by atoms with Crippen molar-refractivity contribution in [1.29, 1.82) is 0 Å². The molecule has 1 aromatic rings. The first-order valence-electron chi connectivity index (χ1n) is 5.49. The van der Waals surface area contributed by atoms with Gasteiger partial charge in [0, 0.05) is 14.7 Å². The zero-order chi connectivity index (χ0) is 12.4. The summed E-state index contributed by atoms with van der Waals surface area (Å²) in [7, 11) is 0. The monoisotopic (exact) mass is 376 g/mol. The first-order chi connectivity index (χ1) is 8.06. The Morgan fingerprint density at radius 3 is 2.82 bits per heavy atom. The molecule has 2 nitrogen and oxygen atoms in total. The standard InChI is InChI=1S/C12H14Br2N2S/c1-7(2)11-6-17-12(16-11)15-10-5-8(13)3-4-9(10)14/h3-5,7,11H,6H2,1-2H3,(H,15,16)/t11-/m0/s1. The average molecular weight is 378 g/mol. The van der Waals surface area contributed by atoms with Gasteiger partial charge in [-0.05, 0) is 40.0 Å². The number of hydrogen-bond donors (Lipinski definition) is 1. The zero-order valence-electron chi connectivity index (χ0n) is 9.71. The second kappa shape index (κ2) is 5.76. The highest BCUT2D eigenvalue weighted by molar-refractivity contribution is 9.11. The summed E-state index contributed by atoms with van der Waals surface area (Å²) in [5, 5.41) is 4.39. The molecule has 0 saturated carbocycles. The number of amidine groups is 1. The van der Waals surface area contributed by atoms with E-state index in [1.54, 1.807) is 11.8 Å².